The second-order valence-electron chi connectivity index (χ2n) is 8.64. The summed E-state index contributed by atoms with van der Waals surface area (Å²) < 4.78 is 23.0. The van der Waals surface area contributed by atoms with Gasteiger partial charge in [-0.1, -0.05) is 18.7 Å². The van der Waals surface area contributed by atoms with Gasteiger partial charge in [0.15, 0.2) is 11.6 Å². The molecule has 4 aromatic heterocycles. The Labute approximate surface area is 217 Å². The van der Waals surface area contributed by atoms with E-state index in [1.165, 1.54) is 18.6 Å². The van der Waals surface area contributed by atoms with E-state index in [1.807, 2.05) is 0 Å². The predicted molar refractivity (Wildman–Crippen MR) is 142 cm³/mol. The van der Waals surface area contributed by atoms with Gasteiger partial charge in [0.05, 0.1) is 17.3 Å². The summed E-state index contributed by atoms with van der Waals surface area (Å²) in [5.74, 6) is -0.597. The minimum atomic E-state index is -0.641. The molecule has 0 spiro atoms. The third-order valence-electron chi connectivity index (χ3n) is 5.84. The van der Waals surface area contributed by atoms with Crippen molar-refractivity contribution in [2.75, 3.05) is 11.1 Å². The topological polar surface area (TPSA) is 134 Å². The largest absolute Gasteiger partial charge is 0.423 e. The summed E-state index contributed by atoms with van der Waals surface area (Å²) in [5.41, 5.74) is 10.3. The molecule has 1 amide bonds. The number of hydrogen-bond acceptors (Lipinski definition) is 8. The molecule has 3 N–H and O–H groups in total. The molecule has 0 aliphatic heterocycles. The maximum absolute atomic E-state index is 15.6. The molecule has 0 aliphatic rings. The molecule has 0 saturated carbocycles. The van der Waals surface area contributed by atoms with E-state index in [-0.39, 0.29) is 29.2 Å². The summed E-state index contributed by atoms with van der Waals surface area (Å²) in [6.45, 7) is 7.07. The molecule has 11 heteroatoms. The highest BCUT2D eigenvalue weighted by atomic mass is 19.1. The summed E-state index contributed by atoms with van der Waals surface area (Å²) in [6.07, 6.45) is 4.29. The lowest BCUT2D eigenvalue weighted by Gasteiger charge is -2.11. The van der Waals surface area contributed by atoms with Crippen molar-refractivity contribution in [2.45, 2.75) is 13.8 Å². The van der Waals surface area contributed by atoms with Crippen LogP contribution in [0.5, 0.6) is 11.8 Å². The lowest BCUT2D eigenvalue weighted by atomic mass is 10.0. The third kappa shape index (κ3) is 4.52. The monoisotopic (exact) mass is 510 g/mol. The number of benzene rings is 1. The average molecular weight is 511 g/mol. The number of carbonyl (C=O) groups excluding carboxylic acids is 1. The molecule has 10 nitrogen and oxygen atoms in total. The van der Waals surface area contributed by atoms with Gasteiger partial charge >= 0.3 is 6.01 Å². The van der Waals surface area contributed by atoms with Crippen LogP contribution in [0.3, 0.4) is 0 Å². The Morgan fingerprint density at radius 3 is 2.58 bits per heavy atom. The molecular formula is C27H23FN8O2. The number of nitrogens with zero attached hydrogens (tertiary/aromatic N) is 6. The summed E-state index contributed by atoms with van der Waals surface area (Å²) in [5, 5.41) is 3.24. The van der Waals surface area contributed by atoms with Gasteiger partial charge in [-0.05, 0) is 37.6 Å². The molecular weight excluding hydrogens is 487 g/mol. The normalized spacial score (nSPS) is 10.9. The number of nitrogens with two attached hydrogens (primary N) is 1. The van der Waals surface area contributed by atoms with Crippen molar-refractivity contribution in [2.24, 2.45) is 7.05 Å². The van der Waals surface area contributed by atoms with Crippen LogP contribution in [0.2, 0.25) is 0 Å². The van der Waals surface area contributed by atoms with Gasteiger partial charge < -0.3 is 20.4 Å². The first-order chi connectivity index (χ1) is 18.2. The Morgan fingerprint density at radius 2 is 1.89 bits per heavy atom. The molecule has 0 saturated heterocycles. The molecule has 0 aliphatic carbocycles. The van der Waals surface area contributed by atoms with Crippen LogP contribution >= 0.6 is 0 Å². The molecule has 0 radical (unpaired) electrons. The van der Waals surface area contributed by atoms with Crippen LogP contribution in [-0.4, -0.2) is 35.4 Å². The van der Waals surface area contributed by atoms with Crippen molar-refractivity contribution in [3.8, 4) is 34.3 Å². The van der Waals surface area contributed by atoms with Gasteiger partial charge in [-0.15, -0.1) is 0 Å². The zero-order valence-electron chi connectivity index (χ0n) is 20.9. The van der Waals surface area contributed by atoms with Gasteiger partial charge in [0.2, 0.25) is 0 Å². The number of fused-ring (bicyclic) bond motifs is 1. The van der Waals surface area contributed by atoms with Crippen LogP contribution in [-0.2, 0) is 11.8 Å². The van der Waals surface area contributed by atoms with E-state index < -0.39 is 5.82 Å². The Kier molecular flexibility index (Phi) is 6.25. The van der Waals surface area contributed by atoms with Gasteiger partial charge in [0.1, 0.15) is 23.5 Å². The molecule has 38 heavy (non-hydrogen) atoms. The number of amides is 1. The maximum Gasteiger partial charge on any atom is 0.322 e. The first-order valence-electron chi connectivity index (χ1n) is 11.5. The number of carbonyl (C=O) groups is 1. The molecule has 0 fully saturated rings. The predicted octanol–water partition coefficient (Wildman–Crippen LogP) is 4.82. The summed E-state index contributed by atoms with van der Waals surface area (Å²) in [7, 11) is 1.80. The number of nitrogens with one attached hydrogen (secondary N) is 1. The van der Waals surface area contributed by atoms with E-state index in [2.05, 4.69) is 36.8 Å². The molecule has 1 aromatic carbocycles. The minimum absolute atomic E-state index is 0.0456. The number of pyridine rings is 1. The van der Waals surface area contributed by atoms with Crippen LogP contribution in [0.15, 0.2) is 67.3 Å². The summed E-state index contributed by atoms with van der Waals surface area (Å²) >= 11 is 0. The molecule has 5 aromatic rings. The fraction of sp³-hybridized carbons (Fsp3) is 0.111. The first kappa shape index (κ1) is 24.5. The number of hydrogen-bond donors (Lipinski definition) is 2. The molecule has 5 rings (SSSR count). The molecule has 4 heterocycles. The minimum Gasteiger partial charge on any atom is -0.423 e. The van der Waals surface area contributed by atoms with Gasteiger partial charge in [0, 0.05) is 41.8 Å². The third-order valence-corrected chi connectivity index (χ3v) is 5.84. The first-order valence-corrected chi connectivity index (χ1v) is 11.5. The molecule has 0 atom stereocenters. The zero-order valence-corrected chi connectivity index (χ0v) is 20.9. The second-order valence-corrected chi connectivity index (χ2v) is 8.64. The quantitative estimate of drug-likeness (QED) is 0.311. The Morgan fingerprint density at radius 1 is 1.13 bits per heavy atom. The van der Waals surface area contributed by atoms with Crippen molar-refractivity contribution in [1.29, 1.82) is 0 Å². The van der Waals surface area contributed by atoms with Gasteiger partial charge in [0.25, 0.3) is 5.91 Å². The number of halogens is 1. The van der Waals surface area contributed by atoms with Gasteiger partial charge in [-0.2, -0.15) is 0 Å². The van der Waals surface area contributed by atoms with Crippen molar-refractivity contribution in [3.05, 3.63) is 78.8 Å². The zero-order chi connectivity index (χ0) is 27.0. The van der Waals surface area contributed by atoms with E-state index in [0.29, 0.717) is 39.2 Å². The van der Waals surface area contributed by atoms with E-state index in [9.17, 15) is 4.79 Å². The van der Waals surface area contributed by atoms with E-state index in [4.69, 9.17) is 10.5 Å². The Hall–Kier alpha value is -5.19. The van der Waals surface area contributed by atoms with E-state index in [0.717, 1.165) is 5.56 Å². The number of aryl methyl sites for hydroxylation is 2. The highest BCUT2D eigenvalue weighted by molar-refractivity contribution is 6.07. The number of ether oxygens (including phenoxy) is 1. The summed E-state index contributed by atoms with van der Waals surface area (Å²) in [4.78, 5) is 33.1. The Balaban J connectivity index is 1.62. The van der Waals surface area contributed by atoms with Crippen molar-refractivity contribution >= 4 is 28.4 Å². The van der Waals surface area contributed by atoms with Crippen molar-refractivity contribution in [1.82, 2.24) is 29.5 Å². The lowest BCUT2D eigenvalue weighted by molar-refractivity contribution is -0.112. The highest BCUT2D eigenvalue weighted by Gasteiger charge is 2.25. The number of anilines is 2. The van der Waals surface area contributed by atoms with Crippen LogP contribution < -0.4 is 15.8 Å². The number of aromatic nitrogens is 6. The van der Waals surface area contributed by atoms with Gasteiger partial charge in [-0.25, -0.2) is 29.3 Å². The molecule has 0 unspecified atom stereocenters. The Bertz CT molecular complexity index is 1710. The SMILES string of the molecule is C=C(C)C(=O)Nc1ccc(-c2c(-c3ncc(Oc4nccc(C)n4)cc3F)c3c(N)ncnc3n2C)cc1. The molecule has 0 bridgehead atoms. The number of nitrogen functional groups attached to an aromatic ring is 1. The molecule has 190 valence electrons. The number of rotatable bonds is 6. The second kappa shape index (κ2) is 9.69. The smallest absolute Gasteiger partial charge is 0.322 e. The van der Waals surface area contributed by atoms with Crippen LogP contribution in [0.25, 0.3) is 33.5 Å². The average Bonchev–Trinajstić information content (AvgIpc) is 3.18. The fourth-order valence-electron chi connectivity index (χ4n) is 4.03. The maximum atomic E-state index is 15.6. The van der Waals surface area contributed by atoms with Crippen LogP contribution in [0.4, 0.5) is 15.9 Å². The highest BCUT2D eigenvalue weighted by Crippen LogP contribution is 2.42. The van der Waals surface area contributed by atoms with Crippen LogP contribution in [0.1, 0.15) is 12.6 Å². The van der Waals surface area contributed by atoms with E-state index >= 15 is 4.39 Å². The van der Waals surface area contributed by atoms with E-state index in [1.54, 1.807) is 62.0 Å². The van der Waals surface area contributed by atoms with Crippen molar-refractivity contribution < 1.29 is 13.9 Å². The standard InChI is InChI=1S/C27H23FN8O2/c1-14(2)26(37)35-17-7-5-16(6-8-17)23-20(21-24(29)32-13-33-25(21)36(23)4)22-19(28)11-18(12-31-22)38-27-30-10-9-15(3)34-27/h5-13H,1H2,2-4H3,(H,35,37)(H2,29,32,33). The fourth-order valence-corrected chi connectivity index (χ4v) is 4.03. The summed E-state index contributed by atoms with van der Waals surface area (Å²) in [6, 6.07) is 10.1. The van der Waals surface area contributed by atoms with Gasteiger partial charge in [-0.3, -0.25) is 4.79 Å². The van der Waals surface area contributed by atoms with Crippen molar-refractivity contribution in [3.63, 3.8) is 0 Å². The lowest BCUT2D eigenvalue weighted by Crippen LogP contribution is -2.11. The van der Waals surface area contributed by atoms with Crippen LogP contribution in [0, 0.1) is 12.7 Å².